The number of rotatable bonds is 5. The molecule has 5 aliphatic carbocycles. The second-order valence-corrected chi connectivity index (χ2v) is 10.4. The maximum absolute atomic E-state index is 13.5. The first-order chi connectivity index (χ1) is 13.1. The van der Waals surface area contributed by atoms with Crippen LogP contribution in [-0.2, 0) is 4.79 Å². The molecule has 0 heterocycles. The normalized spacial score (nSPS) is 37.3. The molecular weight excluding hydrogens is 330 g/mol. The number of benzene rings is 1. The molecule has 0 saturated heterocycles. The Labute approximate surface area is 164 Å². The predicted octanol–water partition coefficient (Wildman–Crippen LogP) is 5.68. The summed E-state index contributed by atoms with van der Waals surface area (Å²) in [4.78, 5) is 13.5. The number of carbonyl (C=O) groups excluding carboxylic acids is 1. The van der Waals surface area contributed by atoms with Gasteiger partial charge in [-0.1, -0.05) is 43.2 Å². The summed E-state index contributed by atoms with van der Waals surface area (Å²) in [6.45, 7) is 2.32. The fourth-order valence-electron chi connectivity index (χ4n) is 7.75. The van der Waals surface area contributed by atoms with Crippen molar-refractivity contribution in [3.05, 3.63) is 35.9 Å². The molecule has 6 rings (SSSR count). The van der Waals surface area contributed by atoms with Crippen molar-refractivity contribution in [1.82, 2.24) is 5.32 Å². The smallest absolute Gasteiger partial charge is 0.228 e. The Kier molecular flexibility index (Phi) is 4.57. The van der Waals surface area contributed by atoms with Crippen LogP contribution in [0, 0.1) is 29.1 Å². The van der Waals surface area contributed by atoms with Crippen LogP contribution in [0.2, 0.25) is 0 Å². The molecule has 0 unspecified atom stereocenters. The van der Waals surface area contributed by atoms with Crippen molar-refractivity contribution < 1.29 is 4.79 Å². The van der Waals surface area contributed by atoms with Gasteiger partial charge >= 0.3 is 0 Å². The molecule has 0 radical (unpaired) electrons. The van der Waals surface area contributed by atoms with Crippen LogP contribution < -0.4 is 5.32 Å². The van der Waals surface area contributed by atoms with Gasteiger partial charge in [-0.05, 0) is 92.9 Å². The lowest BCUT2D eigenvalue weighted by molar-refractivity contribution is -0.128. The Bertz CT molecular complexity index is 640. The summed E-state index contributed by atoms with van der Waals surface area (Å²) in [6, 6.07) is 10.9. The highest BCUT2D eigenvalue weighted by Crippen LogP contribution is 2.61. The summed E-state index contributed by atoms with van der Waals surface area (Å²) in [5, 5.41) is 3.57. The van der Waals surface area contributed by atoms with E-state index in [1.54, 1.807) is 0 Å². The topological polar surface area (TPSA) is 29.1 Å². The molecule has 5 saturated carbocycles. The van der Waals surface area contributed by atoms with Crippen LogP contribution in [0.4, 0.5) is 0 Å². The molecule has 27 heavy (non-hydrogen) atoms. The van der Waals surface area contributed by atoms with Crippen molar-refractivity contribution in [2.24, 2.45) is 29.1 Å². The van der Waals surface area contributed by atoms with Crippen molar-refractivity contribution in [3.63, 3.8) is 0 Å². The molecule has 5 aliphatic rings. The maximum atomic E-state index is 13.5. The van der Waals surface area contributed by atoms with E-state index in [2.05, 4.69) is 42.6 Å². The van der Waals surface area contributed by atoms with Gasteiger partial charge in [-0.2, -0.15) is 0 Å². The van der Waals surface area contributed by atoms with Gasteiger partial charge in [0.2, 0.25) is 5.91 Å². The summed E-state index contributed by atoms with van der Waals surface area (Å²) in [6.07, 6.45) is 13.5. The fourth-order valence-corrected chi connectivity index (χ4v) is 7.75. The summed E-state index contributed by atoms with van der Waals surface area (Å²) >= 11 is 0. The highest BCUT2D eigenvalue weighted by atomic mass is 16.2. The second-order valence-electron chi connectivity index (χ2n) is 10.4. The van der Waals surface area contributed by atoms with Crippen LogP contribution in [-0.4, -0.2) is 11.9 Å². The van der Waals surface area contributed by atoms with Gasteiger partial charge in [0.25, 0.3) is 0 Å². The average Bonchev–Trinajstić information content (AvgIpc) is 3.16. The monoisotopic (exact) mass is 365 g/mol. The van der Waals surface area contributed by atoms with E-state index in [9.17, 15) is 4.79 Å². The molecule has 1 aromatic carbocycles. The first kappa shape index (κ1) is 17.8. The molecule has 1 amide bonds. The molecule has 146 valence electrons. The lowest BCUT2D eigenvalue weighted by atomic mass is 9.48. The average molecular weight is 366 g/mol. The van der Waals surface area contributed by atoms with Crippen LogP contribution in [0.15, 0.2) is 30.3 Å². The van der Waals surface area contributed by atoms with Crippen molar-refractivity contribution in [3.8, 4) is 0 Å². The molecule has 0 aromatic heterocycles. The Morgan fingerprint density at radius 3 is 2.07 bits per heavy atom. The van der Waals surface area contributed by atoms with Gasteiger partial charge in [0, 0.05) is 6.04 Å². The second kappa shape index (κ2) is 6.94. The lowest BCUT2D eigenvalue weighted by Crippen LogP contribution is -2.56. The van der Waals surface area contributed by atoms with Gasteiger partial charge in [-0.25, -0.2) is 0 Å². The highest BCUT2D eigenvalue weighted by molar-refractivity contribution is 5.84. The number of carbonyl (C=O) groups is 1. The van der Waals surface area contributed by atoms with Crippen LogP contribution in [0.5, 0.6) is 0 Å². The standard InChI is InChI=1S/C25H35NO/c1-17(25-14-18-11-19(15-25)13-20(12-18)16-25)26-24(27)23(22-9-5-6-10-22)21-7-3-2-4-8-21/h2-4,7-8,17-20,22-23H,5-6,9-16H2,1H3,(H,26,27)/t17-,18?,19?,20?,23+,25?/m1/s1. The largest absolute Gasteiger partial charge is 0.353 e. The molecule has 5 fully saturated rings. The van der Waals surface area contributed by atoms with Gasteiger partial charge in [0.05, 0.1) is 5.92 Å². The number of hydrogen-bond donors (Lipinski definition) is 1. The fraction of sp³-hybridized carbons (Fsp3) is 0.720. The minimum absolute atomic E-state index is 0.0464. The molecular formula is C25H35NO. The maximum Gasteiger partial charge on any atom is 0.228 e. The van der Waals surface area contributed by atoms with Gasteiger partial charge in [-0.3, -0.25) is 4.79 Å². The summed E-state index contributed by atoms with van der Waals surface area (Å²) in [5.41, 5.74) is 1.61. The predicted molar refractivity (Wildman–Crippen MR) is 109 cm³/mol. The third-order valence-corrected chi connectivity index (χ3v) is 8.68. The molecule has 0 aliphatic heterocycles. The Hall–Kier alpha value is -1.31. The molecule has 2 atom stereocenters. The SMILES string of the molecule is C[C@@H](NC(=O)[C@@H](c1ccccc1)C1CCCC1)C12CC3CC(CC(C3)C1)C2. The summed E-state index contributed by atoms with van der Waals surface area (Å²) in [5.74, 6) is 3.69. The van der Waals surface area contributed by atoms with E-state index in [0.29, 0.717) is 23.3 Å². The van der Waals surface area contributed by atoms with E-state index in [-0.39, 0.29) is 5.92 Å². The molecule has 1 N–H and O–H groups in total. The van der Waals surface area contributed by atoms with Crippen LogP contribution in [0.3, 0.4) is 0 Å². The first-order valence-corrected chi connectivity index (χ1v) is 11.5. The minimum atomic E-state index is 0.0464. The van der Waals surface area contributed by atoms with Crippen molar-refractivity contribution in [2.45, 2.75) is 83.1 Å². The van der Waals surface area contributed by atoms with E-state index >= 15 is 0 Å². The van der Waals surface area contributed by atoms with Gasteiger partial charge in [-0.15, -0.1) is 0 Å². The lowest BCUT2D eigenvalue weighted by Gasteiger charge is -2.59. The number of nitrogens with one attached hydrogen (secondary N) is 1. The zero-order valence-electron chi connectivity index (χ0n) is 16.8. The molecule has 0 spiro atoms. The molecule has 1 aromatic rings. The zero-order valence-corrected chi connectivity index (χ0v) is 16.8. The zero-order chi connectivity index (χ0) is 18.4. The van der Waals surface area contributed by atoms with Crippen LogP contribution in [0.1, 0.15) is 82.6 Å². The quantitative estimate of drug-likeness (QED) is 0.714. The number of hydrogen-bond acceptors (Lipinski definition) is 1. The van der Waals surface area contributed by atoms with Crippen LogP contribution in [0.25, 0.3) is 0 Å². The van der Waals surface area contributed by atoms with Gasteiger partial charge in [0.15, 0.2) is 0 Å². The minimum Gasteiger partial charge on any atom is -0.353 e. The first-order valence-electron chi connectivity index (χ1n) is 11.5. The Morgan fingerprint density at radius 2 is 1.52 bits per heavy atom. The van der Waals surface area contributed by atoms with E-state index in [1.807, 2.05) is 0 Å². The Balaban J connectivity index is 1.35. The van der Waals surface area contributed by atoms with Gasteiger partial charge < -0.3 is 5.32 Å². The molecule has 2 heteroatoms. The van der Waals surface area contributed by atoms with Crippen molar-refractivity contribution in [2.75, 3.05) is 0 Å². The van der Waals surface area contributed by atoms with Crippen molar-refractivity contribution >= 4 is 5.91 Å². The van der Waals surface area contributed by atoms with E-state index in [4.69, 9.17) is 0 Å². The summed E-state index contributed by atoms with van der Waals surface area (Å²) in [7, 11) is 0. The third kappa shape index (κ3) is 3.23. The van der Waals surface area contributed by atoms with E-state index < -0.39 is 0 Å². The molecule has 2 nitrogen and oxygen atoms in total. The Morgan fingerprint density at radius 1 is 0.963 bits per heavy atom. The van der Waals surface area contributed by atoms with E-state index in [1.165, 1.54) is 69.8 Å². The number of amides is 1. The molecule has 4 bridgehead atoms. The third-order valence-electron chi connectivity index (χ3n) is 8.68. The van der Waals surface area contributed by atoms with Crippen LogP contribution >= 0.6 is 0 Å². The van der Waals surface area contributed by atoms with Crippen molar-refractivity contribution in [1.29, 1.82) is 0 Å². The van der Waals surface area contributed by atoms with Gasteiger partial charge in [0.1, 0.15) is 0 Å². The van der Waals surface area contributed by atoms with E-state index in [0.717, 1.165) is 17.8 Å². The highest BCUT2D eigenvalue weighted by Gasteiger charge is 2.53. The summed E-state index contributed by atoms with van der Waals surface area (Å²) < 4.78 is 0.